The lowest BCUT2D eigenvalue weighted by Crippen LogP contribution is -2.47. The van der Waals surface area contributed by atoms with Crippen molar-refractivity contribution in [1.82, 2.24) is 5.32 Å². The number of hydrogen-bond donors (Lipinski definition) is 1. The zero-order chi connectivity index (χ0) is 33.3. The molecule has 0 bridgehead atoms. The zero-order valence-electron chi connectivity index (χ0n) is 28.9. The SMILES string of the molecule is CC/C=C\C/C=C\C/C=C\C/C=C\C/C=C\C/C=C\CC(=O)OCC(C)(C)[C@@H](OC)C(=O)NCCC(C)=O.CCCCCC. The predicted octanol–water partition coefficient (Wildman–Crippen LogP) is 9.34. The van der Waals surface area contributed by atoms with Gasteiger partial charge in [-0.1, -0.05) is 133 Å². The Hall–Kier alpha value is -2.99. The monoisotopic (exact) mass is 613 g/mol. The molecule has 0 saturated heterocycles. The minimum Gasteiger partial charge on any atom is -0.465 e. The number of carbonyl (C=O) groups is 3. The first-order valence-corrected chi connectivity index (χ1v) is 16.5. The summed E-state index contributed by atoms with van der Waals surface area (Å²) in [6, 6.07) is 0. The Morgan fingerprint density at radius 3 is 1.52 bits per heavy atom. The van der Waals surface area contributed by atoms with E-state index in [9.17, 15) is 14.4 Å². The molecule has 0 spiro atoms. The van der Waals surface area contributed by atoms with Crippen LogP contribution in [0.1, 0.15) is 119 Å². The molecule has 1 N–H and O–H groups in total. The van der Waals surface area contributed by atoms with Crippen LogP contribution in [0.25, 0.3) is 0 Å². The van der Waals surface area contributed by atoms with Crippen LogP contribution in [0.2, 0.25) is 0 Å². The number of methoxy groups -OCH3 is 1. The fourth-order valence-electron chi connectivity index (χ4n) is 3.84. The van der Waals surface area contributed by atoms with Gasteiger partial charge in [0.1, 0.15) is 11.9 Å². The summed E-state index contributed by atoms with van der Waals surface area (Å²) >= 11 is 0. The highest BCUT2D eigenvalue weighted by Gasteiger charge is 2.36. The largest absolute Gasteiger partial charge is 0.465 e. The molecule has 0 aliphatic heterocycles. The highest BCUT2D eigenvalue weighted by atomic mass is 16.5. The Balaban J connectivity index is 0. The number of amides is 1. The van der Waals surface area contributed by atoms with Crippen molar-refractivity contribution in [2.45, 2.75) is 125 Å². The van der Waals surface area contributed by atoms with Crippen LogP contribution in [0.3, 0.4) is 0 Å². The van der Waals surface area contributed by atoms with Crippen LogP contribution in [0.4, 0.5) is 0 Å². The summed E-state index contributed by atoms with van der Waals surface area (Å²) in [5, 5.41) is 2.69. The number of ketones is 1. The van der Waals surface area contributed by atoms with Gasteiger partial charge < -0.3 is 14.8 Å². The first kappa shape index (κ1) is 43.1. The second kappa shape index (κ2) is 31.4. The summed E-state index contributed by atoms with van der Waals surface area (Å²) in [7, 11) is 1.44. The molecule has 0 aromatic rings. The Kier molecular flexibility index (Phi) is 30.8. The summed E-state index contributed by atoms with van der Waals surface area (Å²) in [4.78, 5) is 35.5. The fraction of sp³-hybridized carbons (Fsp3) is 0.605. The standard InChI is InChI=1S/C32H49NO5.C6H14/c1-6-7-8-9-10-11-12-13-14-15-16-17-18-19-20-21-22-23-24-29(35)38-27-32(3,4)30(37-5)31(36)33-26-25-28(2)34;1-3-5-6-4-2/h7-8,10-11,13-14,16-17,19-20,22-23,30H,6,9,12,15,18,21,24-27H2,1-5H3,(H,33,36);3-6H2,1-2H3/b8-7-,11-10-,14-13-,17-16-,20-19-,23-22-;/t30-;/m0./s1. The van der Waals surface area contributed by atoms with Crippen LogP contribution in [0.15, 0.2) is 72.9 Å². The third-order valence-corrected chi connectivity index (χ3v) is 6.40. The predicted molar refractivity (Wildman–Crippen MR) is 186 cm³/mol. The molecule has 0 aliphatic rings. The Labute approximate surface area is 269 Å². The van der Waals surface area contributed by atoms with Crippen molar-refractivity contribution >= 4 is 17.7 Å². The molecule has 1 amide bonds. The van der Waals surface area contributed by atoms with Crippen molar-refractivity contribution < 1.29 is 23.9 Å². The van der Waals surface area contributed by atoms with E-state index in [4.69, 9.17) is 9.47 Å². The molecule has 0 saturated carbocycles. The van der Waals surface area contributed by atoms with Crippen molar-refractivity contribution in [3.05, 3.63) is 72.9 Å². The van der Waals surface area contributed by atoms with Crippen LogP contribution in [-0.4, -0.2) is 44.0 Å². The number of hydrogen-bond acceptors (Lipinski definition) is 5. The molecule has 0 rings (SSSR count). The maximum absolute atomic E-state index is 12.4. The maximum atomic E-state index is 12.4. The quantitative estimate of drug-likeness (QED) is 0.0666. The number of esters is 1. The van der Waals surface area contributed by atoms with E-state index in [0.29, 0.717) is 0 Å². The van der Waals surface area contributed by atoms with Gasteiger partial charge in [0, 0.05) is 25.5 Å². The average Bonchev–Trinajstić information content (AvgIpc) is 2.98. The Bertz CT molecular complexity index is 904. The van der Waals surface area contributed by atoms with E-state index in [1.54, 1.807) is 19.9 Å². The van der Waals surface area contributed by atoms with Gasteiger partial charge in [0.2, 0.25) is 5.91 Å². The average molecular weight is 614 g/mol. The molecule has 0 aliphatic carbocycles. The number of allylic oxidation sites excluding steroid dienone is 11. The molecule has 0 unspecified atom stereocenters. The van der Waals surface area contributed by atoms with E-state index in [2.05, 4.69) is 86.8 Å². The highest BCUT2D eigenvalue weighted by molar-refractivity contribution is 5.82. The van der Waals surface area contributed by atoms with Gasteiger partial charge in [0.15, 0.2) is 0 Å². The van der Waals surface area contributed by atoms with E-state index in [1.807, 2.05) is 6.08 Å². The second-order valence-electron chi connectivity index (χ2n) is 11.3. The third-order valence-electron chi connectivity index (χ3n) is 6.40. The lowest BCUT2D eigenvalue weighted by Gasteiger charge is -2.31. The fourth-order valence-corrected chi connectivity index (χ4v) is 3.84. The Morgan fingerprint density at radius 1 is 0.705 bits per heavy atom. The topological polar surface area (TPSA) is 81.7 Å². The summed E-state index contributed by atoms with van der Waals surface area (Å²) < 4.78 is 10.7. The van der Waals surface area contributed by atoms with Gasteiger partial charge in [-0.15, -0.1) is 0 Å². The molecule has 0 aromatic heterocycles. The van der Waals surface area contributed by atoms with Crippen LogP contribution in [-0.2, 0) is 23.9 Å². The maximum Gasteiger partial charge on any atom is 0.309 e. The van der Waals surface area contributed by atoms with Crippen LogP contribution in [0.5, 0.6) is 0 Å². The lowest BCUT2D eigenvalue weighted by atomic mass is 9.86. The molecular weight excluding hydrogens is 550 g/mol. The minimum absolute atomic E-state index is 0.00172. The highest BCUT2D eigenvalue weighted by Crippen LogP contribution is 2.24. The molecule has 250 valence electrons. The van der Waals surface area contributed by atoms with Crippen molar-refractivity contribution in [3.63, 3.8) is 0 Å². The van der Waals surface area contributed by atoms with Crippen LogP contribution < -0.4 is 5.32 Å². The van der Waals surface area contributed by atoms with E-state index < -0.39 is 11.5 Å². The second-order valence-corrected chi connectivity index (χ2v) is 11.3. The van der Waals surface area contributed by atoms with Crippen molar-refractivity contribution in [2.75, 3.05) is 20.3 Å². The van der Waals surface area contributed by atoms with E-state index >= 15 is 0 Å². The molecule has 6 heteroatoms. The number of carbonyl (C=O) groups excluding carboxylic acids is 3. The molecule has 1 atom stereocenters. The molecule has 0 heterocycles. The van der Waals surface area contributed by atoms with Gasteiger partial charge in [0.25, 0.3) is 0 Å². The number of unbranched alkanes of at least 4 members (excludes halogenated alkanes) is 3. The Morgan fingerprint density at radius 2 is 1.14 bits per heavy atom. The van der Waals surface area contributed by atoms with Gasteiger partial charge in [-0.05, 0) is 45.4 Å². The number of Topliss-reactive ketones (excluding diaryl/α,β-unsaturated/α-hetero) is 1. The number of nitrogens with one attached hydrogen (secondary N) is 1. The van der Waals surface area contributed by atoms with Gasteiger partial charge in [-0.2, -0.15) is 0 Å². The molecular formula is C38H63NO5. The lowest BCUT2D eigenvalue weighted by molar-refractivity contribution is -0.154. The van der Waals surface area contributed by atoms with E-state index in [0.717, 1.165) is 38.5 Å². The smallest absolute Gasteiger partial charge is 0.309 e. The molecule has 44 heavy (non-hydrogen) atoms. The third kappa shape index (κ3) is 29.1. The first-order valence-electron chi connectivity index (χ1n) is 16.5. The number of ether oxygens (including phenoxy) is 2. The summed E-state index contributed by atoms with van der Waals surface area (Å²) in [5.74, 6) is -0.682. The van der Waals surface area contributed by atoms with Gasteiger partial charge in [-0.25, -0.2) is 0 Å². The van der Waals surface area contributed by atoms with Crippen LogP contribution >= 0.6 is 0 Å². The van der Waals surface area contributed by atoms with E-state index in [1.165, 1.54) is 39.7 Å². The van der Waals surface area contributed by atoms with E-state index in [-0.39, 0.29) is 43.7 Å². The normalized spacial score (nSPS) is 13.0. The van der Waals surface area contributed by atoms with Gasteiger partial charge in [-0.3, -0.25) is 14.4 Å². The summed E-state index contributed by atoms with van der Waals surface area (Å²) in [5.41, 5.74) is -0.719. The first-order chi connectivity index (χ1) is 21.2. The zero-order valence-corrected chi connectivity index (χ0v) is 28.9. The molecule has 0 aromatic carbocycles. The summed E-state index contributed by atoms with van der Waals surface area (Å²) in [6.45, 7) is 12.0. The molecule has 6 nitrogen and oxygen atoms in total. The van der Waals surface area contributed by atoms with Crippen molar-refractivity contribution in [2.24, 2.45) is 5.41 Å². The summed E-state index contributed by atoms with van der Waals surface area (Å²) in [6.07, 6.45) is 36.1. The molecule has 0 fully saturated rings. The van der Waals surface area contributed by atoms with Gasteiger partial charge >= 0.3 is 5.97 Å². The minimum atomic E-state index is -0.798. The number of rotatable bonds is 24. The van der Waals surface area contributed by atoms with Crippen molar-refractivity contribution in [3.8, 4) is 0 Å². The van der Waals surface area contributed by atoms with Crippen molar-refractivity contribution in [1.29, 1.82) is 0 Å². The van der Waals surface area contributed by atoms with Gasteiger partial charge in [0.05, 0.1) is 13.0 Å². The van der Waals surface area contributed by atoms with Crippen LogP contribution in [0, 0.1) is 5.41 Å². The molecule has 0 radical (unpaired) electrons.